The third kappa shape index (κ3) is 2.13. The van der Waals surface area contributed by atoms with E-state index in [4.69, 9.17) is 9.47 Å². The topological polar surface area (TPSA) is 69.7 Å². The Morgan fingerprint density at radius 2 is 1.89 bits per heavy atom. The molecule has 0 saturated heterocycles. The zero-order valence-corrected chi connectivity index (χ0v) is 16.7. The van der Waals surface area contributed by atoms with Crippen LogP contribution in [-0.4, -0.2) is 24.8 Å². The first-order valence-electron chi connectivity index (χ1n) is 8.75. The number of fused-ring (bicyclic) bond motifs is 3. The van der Waals surface area contributed by atoms with Gasteiger partial charge in [-0.15, -0.1) is 0 Å². The number of rotatable bonds is 4. The molecule has 2 aliphatic rings. The average molecular weight is 447 g/mol. The number of hydrogen-bond acceptors (Lipinski definition) is 5. The fourth-order valence-electron chi connectivity index (χ4n) is 4.71. The van der Waals surface area contributed by atoms with E-state index in [9.17, 15) is 18.8 Å². The molecular formula is C21H16BrFO5. The van der Waals surface area contributed by atoms with Crippen molar-refractivity contribution in [1.82, 2.24) is 0 Å². The van der Waals surface area contributed by atoms with Crippen molar-refractivity contribution in [3.63, 3.8) is 0 Å². The molecule has 3 atom stereocenters. The summed E-state index contributed by atoms with van der Waals surface area (Å²) < 4.78 is 24.5. The highest BCUT2D eigenvalue weighted by Crippen LogP contribution is 2.80. The minimum atomic E-state index is -1.75. The SMILES string of the molecule is CC[C@]1(C(=O)c2ccc(F)cc2)[C@H]2c3cc(Br)ccc3OC(=O)[C@]21C(=O)OC. The first kappa shape index (κ1) is 18.8. The van der Waals surface area contributed by atoms with Gasteiger partial charge in [0.25, 0.3) is 0 Å². The number of esters is 2. The lowest BCUT2D eigenvalue weighted by atomic mass is 9.83. The monoisotopic (exact) mass is 446 g/mol. The van der Waals surface area contributed by atoms with E-state index in [-0.39, 0.29) is 12.0 Å². The average Bonchev–Trinajstić information content (AvgIpc) is 3.35. The molecule has 5 nitrogen and oxygen atoms in total. The minimum absolute atomic E-state index is 0.212. The molecule has 0 aromatic heterocycles. The van der Waals surface area contributed by atoms with Crippen molar-refractivity contribution < 1.29 is 28.2 Å². The molecule has 1 fully saturated rings. The molecule has 1 aliphatic heterocycles. The van der Waals surface area contributed by atoms with E-state index in [0.29, 0.717) is 11.3 Å². The number of carbonyl (C=O) groups is 3. The van der Waals surface area contributed by atoms with Crippen LogP contribution in [0.1, 0.15) is 35.2 Å². The van der Waals surface area contributed by atoms with Gasteiger partial charge in [-0.25, -0.2) is 4.39 Å². The maximum Gasteiger partial charge on any atom is 0.330 e. The van der Waals surface area contributed by atoms with Crippen LogP contribution in [0.5, 0.6) is 5.75 Å². The Hall–Kier alpha value is -2.54. The fourth-order valence-corrected chi connectivity index (χ4v) is 5.09. The molecule has 144 valence electrons. The van der Waals surface area contributed by atoms with Gasteiger partial charge < -0.3 is 9.47 Å². The molecule has 4 rings (SSSR count). The minimum Gasteiger partial charge on any atom is -0.468 e. The lowest BCUT2D eigenvalue weighted by Crippen LogP contribution is -2.40. The van der Waals surface area contributed by atoms with Crippen LogP contribution in [0.15, 0.2) is 46.9 Å². The fraction of sp³-hybridized carbons (Fsp3) is 0.286. The molecule has 7 heteroatoms. The molecule has 0 bridgehead atoms. The number of ether oxygens (including phenoxy) is 2. The van der Waals surface area contributed by atoms with E-state index in [1.54, 1.807) is 25.1 Å². The van der Waals surface area contributed by atoms with Gasteiger partial charge in [-0.05, 0) is 48.9 Å². The van der Waals surface area contributed by atoms with Crippen LogP contribution in [0.25, 0.3) is 0 Å². The molecule has 1 aliphatic carbocycles. The number of carbonyl (C=O) groups excluding carboxylic acids is 3. The zero-order valence-electron chi connectivity index (χ0n) is 15.1. The van der Waals surface area contributed by atoms with E-state index in [1.807, 2.05) is 0 Å². The number of Topliss-reactive ketones (excluding diaryl/α,β-unsaturated/α-hetero) is 1. The molecule has 0 amide bonds. The number of methoxy groups -OCH3 is 1. The molecule has 28 heavy (non-hydrogen) atoms. The molecule has 0 unspecified atom stereocenters. The van der Waals surface area contributed by atoms with E-state index in [2.05, 4.69) is 15.9 Å². The summed E-state index contributed by atoms with van der Waals surface area (Å²) in [5.74, 6) is -2.88. The first-order valence-corrected chi connectivity index (χ1v) is 9.54. The first-order chi connectivity index (χ1) is 13.3. The highest BCUT2D eigenvalue weighted by Gasteiger charge is 2.90. The summed E-state index contributed by atoms with van der Waals surface area (Å²) in [5, 5.41) is 0. The van der Waals surface area contributed by atoms with Crippen molar-refractivity contribution in [2.45, 2.75) is 19.3 Å². The molecule has 0 spiro atoms. The van der Waals surface area contributed by atoms with E-state index >= 15 is 0 Å². The van der Waals surface area contributed by atoms with Crippen molar-refractivity contribution >= 4 is 33.7 Å². The van der Waals surface area contributed by atoms with Crippen LogP contribution >= 0.6 is 15.9 Å². The summed E-state index contributed by atoms with van der Waals surface area (Å²) in [6, 6.07) is 10.2. The van der Waals surface area contributed by atoms with Gasteiger partial charge in [0.05, 0.1) is 12.5 Å². The van der Waals surface area contributed by atoms with Gasteiger partial charge in [-0.1, -0.05) is 22.9 Å². The van der Waals surface area contributed by atoms with E-state index in [0.717, 1.165) is 4.47 Å². The van der Waals surface area contributed by atoms with E-state index in [1.165, 1.54) is 31.4 Å². The van der Waals surface area contributed by atoms with Crippen molar-refractivity contribution in [3.8, 4) is 5.75 Å². The van der Waals surface area contributed by atoms with Gasteiger partial charge in [-0.2, -0.15) is 0 Å². The summed E-state index contributed by atoms with van der Waals surface area (Å²) in [6.45, 7) is 1.75. The van der Waals surface area contributed by atoms with Crippen molar-refractivity contribution in [2.24, 2.45) is 10.8 Å². The number of halogens is 2. The molecular weight excluding hydrogens is 431 g/mol. The predicted octanol–water partition coefficient (Wildman–Crippen LogP) is 4.04. The second-order valence-electron chi connectivity index (χ2n) is 6.97. The van der Waals surface area contributed by atoms with Crippen LogP contribution in [0.2, 0.25) is 0 Å². The van der Waals surface area contributed by atoms with Crippen LogP contribution in [0, 0.1) is 16.6 Å². The van der Waals surface area contributed by atoms with Gasteiger partial charge in [0, 0.05) is 21.5 Å². The molecule has 2 aromatic carbocycles. The summed E-state index contributed by atoms with van der Waals surface area (Å²) in [6.07, 6.45) is 0.212. The Balaban J connectivity index is 1.95. The molecule has 0 N–H and O–H groups in total. The lowest BCUT2D eigenvalue weighted by Gasteiger charge is -2.22. The Morgan fingerprint density at radius 1 is 1.21 bits per heavy atom. The largest absolute Gasteiger partial charge is 0.468 e. The Labute approximate surface area is 169 Å². The summed E-state index contributed by atoms with van der Waals surface area (Å²) in [4.78, 5) is 39.4. The highest BCUT2D eigenvalue weighted by molar-refractivity contribution is 9.10. The van der Waals surface area contributed by atoms with Crippen molar-refractivity contribution in [2.75, 3.05) is 7.11 Å². The van der Waals surface area contributed by atoms with Gasteiger partial charge >= 0.3 is 11.9 Å². The Bertz CT molecular complexity index is 1020. The normalized spacial score (nSPS) is 27.3. The molecule has 0 radical (unpaired) electrons. The Morgan fingerprint density at radius 3 is 2.50 bits per heavy atom. The maximum absolute atomic E-state index is 13.6. The number of ketones is 1. The third-order valence-electron chi connectivity index (χ3n) is 5.93. The second kappa shape index (κ2) is 6.24. The molecule has 1 saturated carbocycles. The van der Waals surface area contributed by atoms with Crippen LogP contribution in [0.4, 0.5) is 4.39 Å². The predicted molar refractivity (Wildman–Crippen MR) is 100 cm³/mol. The lowest BCUT2D eigenvalue weighted by molar-refractivity contribution is -0.160. The zero-order chi connectivity index (χ0) is 20.3. The van der Waals surface area contributed by atoms with Crippen LogP contribution in [0.3, 0.4) is 0 Å². The smallest absolute Gasteiger partial charge is 0.330 e. The Kier molecular flexibility index (Phi) is 4.19. The number of benzene rings is 2. The van der Waals surface area contributed by atoms with Gasteiger partial charge in [0.1, 0.15) is 11.6 Å². The summed E-state index contributed by atoms with van der Waals surface area (Å²) in [7, 11) is 1.18. The van der Waals surface area contributed by atoms with Gasteiger partial charge in [0.2, 0.25) is 0 Å². The summed E-state index contributed by atoms with van der Waals surface area (Å²) >= 11 is 3.39. The summed E-state index contributed by atoms with van der Waals surface area (Å²) in [5.41, 5.74) is -2.29. The van der Waals surface area contributed by atoms with Crippen LogP contribution < -0.4 is 4.74 Å². The molecule has 1 heterocycles. The highest BCUT2D eigenvalue weighted by atomic mass is 79.9. The maximum atomic E-state index is 13.6. The van der Waals surface area contributed by atoms with Crippen molar-refractivity contribution in [3.05, 3.63) is 63.9 Å². The standard InChI is InChI=1S/C21H16BrFO5/c1-3-20(17(24)11-4-7-13(23)8-5-11)16-14-10-12(22)6-9-15(14)28-19(26)21(16,20)18(25)27-2/h4-10,16H,3H2,1-2H3/t16-,20-,21-/m1/s1. The van der Waals surface area contributed by atoms with Gasteiger partial charge in [-0.3, -0.25) is 14.4 Å². The second-order valence-corrected chi connectivity index (χ2v) is 7.88. The van der Waals surface area contributed by atoms with E-state index < -0.39 is 40.3 Å². The van der Waals surface area contributed by atoms with Gasteiger partial charge in [0.15, 0.2) is 11.2 Å². The quantitative estimate of drug-likeness (QED) is 0.306. The number of hydrogen-bond donors (Lipinski definition) is 0. The van der Waals surface area contributed by atoms with Crippen LogP contribution in [-0.2, 0) is 14.3 Å². The van der Waals surface area contributed by atoms with Crippen molar-refractivity contribution in [1.29, 1.82) is 0 Å². The molecule has 2 aromatic rings. The third-order valence-corrected chi connectivity index (χ3v) is 6.42.